The summed E-state index contributed by atoms with van der Waals surface area (Å²) in [6.45, 7) is 5.67. The molecule has 0 saturated carbocycles. The van der Waals surface area contributed by atoms with Crippen LogP contribution in [0.2, 0.25) is 0 Å². The van der Waals surface area contributed by atoms with Gasteiger partial charge < -0.3 is 14.8 Å². The number of rotatable bonds is 4. The van der Waals surface area contributed by atoms with Crippen molar-refractivity contribution >= 4 is 29.1 Å². The fraction of sp³-hybridized carbons (Fsp3) is 0.450. The second-order valence-electron chi connectivity index (χ2n) is 6.77. The molecule has 0 bridgehead atoms. The van der Waals surface area contributed by atoms with E-state index in [9.17, 15) is 14.4 Å². The lowest BCUT2D eigenvalue weighted by Crippen LogP contribution is -2.43. The average Bonchev–Trinajstić information content (AvgIpc) is 3.14. The van der Waals surface area contributed by atoms with Crippen molar-refractivity contribution in [3.63, 3.8) is 0 Å². The molecular weight excluding hydrogens is 366 g/mol. The van der Waals surface area contributed by atoms with E-state index in [0.717, 1.165) is 10.6 Å². The van der Waals surface area contributed by atoms with Gasteiger partial charge in [0.25, 0.3) is 0 Å². The Kier molecular flexibility index (Phi) is 5.51. The minimum absolute atomic E-state index is 0.183. The number of esters is 2. The summed E-state index contributed by atoms with van der Waals surface area (Å²) in [4.78, 5) is 39.2. The zero-order chi connectivity index (χ0) is 19.7. The largest absolute Gasteiger partial charge is 0.468 e. The third kappa shape index (κ3) is 3.32. The van der Waals surface area contributed by atoms with Gasteiger partial charge in [-0.25, -0.2) is 4.79 Å². The molecule has 0 radical (unpaired) electrons. The quantitative estimate of drug-likeness (QED) is 0.630. The maximum absolute atomic E-state index is 13.3. The van der Waals surface area contributed by atoms with Crippen molar-refractivity contribution in [3.8, 4) is 0 Å². The standard InChI is InChI=1S/C20H23NO5S/c1-5-26-20(24)15-11(3)21-12-9-10(2)14(19(23)25-4)18(22)16(12)17(15)13-7-6-8-27-13/h6-8,10,14,17,21H,5,9H2,1-4H3. The van der Waals surface area contributed by atoms with Crippen LogP contribution in [-0.2, 0) is 23.9 Å². The van der Waals surface area contributed by atoms with Crippen molar-refractivity contribution in [2.45, 2.75) is 33.1 Å². The molecule has 1 aliphatic carbocycles. The molecule has 1 aliphatic heterocycles. The van der Waals surface area contributed by atoms with Gasteiger partial charge in [0.05, 0.1) is 25.2 Å². The molecule has 1 N–H and O–H groups in total. The number of carbonyl (C=O) groups is 3. The Morgan fingerprint density at radius 1 is 1.37 bits per heavy atom. The van der Waals surface area contributed by atoms with Gasteiger partial charge in [0, 0.05) is 21.8 Å². The highest BCUT2D eigenvalue weighted by Gasteiger charge is 2.47. The molecule has 1 aromatic heterocycles. The molecule has 0 saturated heterocycles. The number of hydrogen-bond donors (Lipinski definition) is 1. The minimum Gasteiger partial charge on any atom is -0.468 e. The third-order valence-electron chi connectivity index (χ3n) is 5.07. The van der Waals surface area contributed by atoms with Gasteiger partial charge >= 0.3 is 11.9 Å². The van der Waals surface area contributed by atoms with Crippen molar-refractivity contribution in [1.82, 2.24) is 5.32 Å². The Morgan fingerprint density at radius 2 is 2.11 bits per heavy atom. The molecule has 144 valence electrons. The van der Waals surface area contributed by atoms with Gasteiger partial charge in [-0.1, -0.05) is 13.0 Å². The van der Waals surface area contributed by atoms with Gasteiger partial charge in [0.1, 0.15) is 5.92 Å². The van der Waals surface area contributed by atoms with Crippen molar-refractivity contribution < 1.29 is 23.9 Å². The van der Waals surface area contributed by atoms with Crippen LogP contribution in [0.25, 0.3) is 0 Å². The van der Waals surface area contributed by atoms with E-state index in [4.69, 9.17) is 9.47 Å². The summed E-state index contributed by atoms with van der Waals surface area (Å²) in [6, 6.07) is 3.78. The summed E-state index contributed by atoms with van der Waals surface area (Å²) < 4.78 is 10.1. The number of hydrogen-bond acceptors (Lipinski definition) is 7. The second-order valence-corrected chi connectivity index (χ2v) is 7.75. The highest BCUT2D eigenvalue weighted by atomic mass is 32.1. The van der Waals surface area contributed by atoms with E-state index in [0.29, 0.717) is 23.3 Å². The van der Waals surface area contributed by atoms with E-state index in [-0.39, 0.29) is 18.3 Å². The Balaban J connectivity index is 2.14. The van der Waals surface area contributed by atoms with Gasteiger partial charge in [-0.15, -0.1) is 11.3 Å². The molecular formula is C20H23NO5S. The molecule has 3 atom stereocenters. The number of Topliss-reactive ketones (excluding diaryl/α,β-unsaturated/α-hetero) is 1. The number of ketones is 1. The van der Waals surface area contributed by atoms with Crippen LogP contribution in [0.15, 0.2) is 40.1 Å². The van der Waals surface area contributed by atoms with Gasteiger partial charge in [-0.2, -0.15) is 0 Å². The predicted molar refractivity (Wildman–Crippen MR) is 101 cm³/mol. The molecule has 0 fully saturated rings. The Hall–Kier alpha value is -2.41. The van der Waals surface area contributed by atoms with E-state index in [2.05, 4.69) is 5.32 Å². The summed E-state index contributed by atoms with van der Waals surface area (Å²) in [5.74, 6) is -2.85. The summed E-state index contributed by atoms with van der Waals surface area (Å²) >= 11 is 1.47. The lowest BCUT2D eigenvalue weighted by atomic mass is 9.70. The lowest BCUT2D eigenvalue weighted by Gasteiger charge is -2.37. The number of carbonyl (C=O) groups excluding carboxylic acids is 3. The third-order valence-corrected chi connectivity index (χ3v) is 6.00. The van der Waals surface area contributed by atoms with E-state index in [1.807, 2.05) is 31.4 Å². The highest BCUT2D eigenvalue weighted by molar-refractivity contribution is 7.10. The van der Waals surface area contributed by atoms with E-state index in [1.165, 1.54) is 18.4 Å². The van der Waals surface area contributed by atoms with Crippen molar-refractivity contribution in [2.24, 2.45) is 11.8 Å². The summed E-state index contributed by atoms with van der Waals surface area (Å²) in [5, 5.41) is 5.13. The van der Waals surface area contributed by atoms with Crippen LogP contribution < -0.4 is 5.32 Å². The van der Waals surface area contributed by atoms with Crippen LogP contribution >= 0.6 is 11.3 Å². The second kappa shape index (κ2) is 7.68. The first-order valence-corrected chi connectivity index (χ1v) is 9.82. The summed E-state index contributed by atoms with van der Waals surface area (Å²) in [5.41, 5.74) is 2.35. The fourth-order valence-electron chi connectivity index (χ4n) is 3.90. The predicted octanol–water partition coefficient (Wildman–Crippen LogP) is 2.92. The van der Waals surface area contributed by atoms with Crippen LogP contribution in [0.3, 0.4) is 0 Å². The monoisotopic (exact) mass is 389 g/mol. The first-order valence-electron chi connectivity index (χ1n) is 8.94. The number of allylic oxidation sites excluding steroid dienone is 3. The number of nitrogens with one attached hydrogen (secondary N) is 1. The Labute approximate surface area is 162 Å². The summed E-state index contributed by atoms with van der Waals surface area (Å²) in [6.07, 6.45) is 0.538. The van der Waals surface area contributed by atoms with E-state index in [1.54, 1.807) is 6.92 Å². The molecule has 6 nitrogen and oxygen atoms in total. The van der Waals surface area contributed by atoms with Crippen LogP contribution in [0, 0.1) is 11.8 Å². The number of dihydropyridines is 1. The molecule has 27 heavy (non-hydrogen) atoms. The maximum atomic E-state index is 13.3. The molecule has 2 heterocycles. The van der Waals surface area contributed by atoms with Crippen LogP contribution in [-0.4, -0.2) is 31.4 Å². The van der Waals surface area contributed by atoms with Crippen molar-refractivity contribution in [1.29, 1.82) is 0 Å². The van der Waals surface area contributed by atoms with Crippen molar-refractivity contribution in [2.75, 3.05) is 13.7 Å². The zero-order valence-electron chi connectivity index (χ0n) is 15.8. The molecule has 2 aliphatic rings. The smallest absolute Gasteiger partial charge is 0.336 e. The molecule has 0 amide bonds. The topological polar surface area (TPSA) is 81.7 Å². The molecule has 0 aromatic carbocycles. The van der Waals surface area contributed by atoms with Gasteiger partial charge in [-0.3, -0.25) is 9.59 Å². The van der Waals surface area contributed by atoms with Crippen LogP contribution in [0.4, 0.5) is 0 Å². The first-order chi connectivity index (χ1) is 12.9. The first kappa shape index (κ1) is 19.4. The van der Waals surface area contributed by atoms with Gasteiger partial charge in [-0.05, 0) is 37.6 Å². The number of ether oxygens (including phenoxy) is 2. The van der Waals surface area contributed by atoms with Crippen LogP contribution in [0.5, 0.6) is 0 Å². The van der Waals surface area contributed by atoms with E-state index < -0.39 is 23.8 Å². The molecule has 7 heteroatoms. The zero-order valence-corrected chi connectivity index (χ0v) is 16.6. The highest BCUT2D eigenvalue weighted by Crippen LogP contribution is 2.46. The summed E-state index contributed by atoms with van der Waals surface area (Å²) in [7, 11) is 1.29. The Bertz CT molecular complexity index is 837. The fourth-order valence-corrected chi connectivity index (χ4v) is 4.74. The molecule has 0 spiro atoms. The van der Waals surface area contributed by atoms with Crippen molar-refractivity contribution in [3.05, 3.63) is 44.9 Å². The molecule has 1 aromatic rings. The van der Waals surface area contributed by atoms with E-state index >= 15 is 0 Å². The average molecular weight is 389 g/mol. The Morgan fingerprint density at radius 3 is 2.70 bits per heavy atom. The van der Waals surface area contributed by atoms with Crippen LogP contribution in [0.1, 0.15) is 38.0 Å². The maximum Gasteiger partial charge on any atom is 0.336 e. The minimum atomic E-state index is -0.861. The lowest BCUT2D eigenvalue weighted by molar-refractivity contribution is -0.151. The van der Waals surface area contributed by atoms with Gasteiger partial charge in [0.15, 0.2) is 5.78 Å². The molecule has 3 rings (SSSR count). The van der Waals surface area contributed by atoms with Gasteiger partial charge in [0.2, 0.25) is 0 Å². The normalized spacial score (nSPS) is 25.0. The number of thiophene rings is 1. The SMILES string of the molecule is CCOC(=O)C1=C(C)NC2=C(C(=O)C(C(=O)OC)C(C)C2)C1c1cccs1. The molecule has 3 unspecified atom stereocenters. The number of methoxy groups -OCH3 is 1.